The Kier molecular flexibility index (Phi) is 7.28. The van der Waals surface area contributed by atoms with Gasteiger partial charge in [-0.1, -0.05) is 6.92 Å². The van der Waals surface area contributed by atoms with Gasteiger partial charge in [0.05, 0.1) is 0 Å². The highest BCUT2D eigenvalue weighted by Gasteiger charge is 2.21. The third-order valence-electron chi connectivity index (χ3n) is 3.89. The fourth-order valence-corrected chi connectivity index (χ4v) is 2.47. The van der Waals surface area contributed by atoms with E-state index in [0.29, 0.717) is 24.8 Å². The molecule has 1 amide bonds. The van der Waals surface area contributed by atoms with E-state index in [4.69, 9.17) is 10.5 Å². The molecular weight excluding hydrogens is 228 g/mol. The summed E-state index contributed by atoms with van der Waals surface area (Å²) in [5.41, 5.74) is 5.50. The van der Waals surface area contributed by atoms with Crippen LogP contribution in [0.1, 0.15) is 46.0 Å². The van der Waals surface area contributed by atoms with Gasteiger partial charge in [-0.05, 0) is 51.0 Å². The van der Waals surface area contributed by atoms with Crippen molar-refractivity contribution in [3.63, 3.8) is 0 Å². The summed E-state index contributed by atoms with van der Waals surface area (Å²) in [4.78, 5) is 11.8. The molecule has 3 N–H and O–H groups in total. The Morgan fingerprint density at radius 3 is 2.61 bits per heavy atom. The zero-order valence-electron chi connectivity index (χ0n) is 11.8. The van der Waals surface area contributed by atoms with Gasteiger partial charge < -0.3 is 15.8 Å². The normalized spacial score (nSPS) is 20.4. The van der Waals surface area contributed by atoms with Crippen LogP contribution in [-0.2, 0) is 9.53 Å². The molecule has 0 aromatic heterocycles. The average molecular weight is 256 g/mol. The Bertz CT molecular complexity index is 240. The Balaban J connectivity index is 2.18. The van der Waals surface area contributed by atoms with E-state index in [1.165, 1.54) is 0 Å². The first-order valence-corrected chi connectivity index (χ1v) is 7.20. The van der Waals surface area contributed by atoms with Crippen molar-refractivity contribution in [3.8, 4) is 0 Å². The lowest BCUT2D eigenvalue weighted by molar-refractivity contribution is -0.122. The van der Waals surface area contributed by atoms with Gasteiger partial charge in [0, 0.05) is 25.7 Å². The van der Waals surface area contributed by atoms with Gasteiger partial charge in [0.25, 0.3) is 0 Å². The van der Waals surface area contributed by atoms with Gasteiger partial charge in [0.2, 0.25) is 5.91 Å². The molecule has 18 heavy (non-hydrogen) atoms. The van der Waals surface area contributed by atoms with E-state index in [9.17, 15) is 4.79 Å². The number of hydrogen-bond acceptors (Lipinski definition) is 3. The van der Waals surface area contributed by atoms with Gasteiger partial charge in [-0.25, -0.2) is 0 Å². The zero-order chi connectivity index (χ0) is 13.4. The Labute approximate surface area is 111 Å². The highest BCUT2D eigenvalue weighted by molar-refractivity contribution is 5.76. The highest BCUT2D eigenvalue weighted by Crippen LogP contribution is 2.18. The van der Waals surface area contributed by atoms with Gasteiger partial charge in [-0.2, -0.15) is 0 Å². The van der Waals surface area contributed by atoms with Gasteiger partial charge in [-0.15, -0.1) is 0 Å². The maximum atomic E-state index is 11.8. The maximum absolute atomic E-state index is 11.8. The summed E-state index contributed by atoms with van der Waals surface area (Å²) in [6, 6.07) is 0.270. The number of nitrogens with one attached hydrogen (secondary N) is 1. The molecule has 0 bridgehead atoms. The second-order valence-corrected chi connectivity index (χ2v) is 5.53. The molecule has 2 atom stereocenters. The summed E-state index contributed by atoms with van der Waals surface area (Å²) in [5, 5.41) is 3.12. The number of carbonyl (C=O) groups excluding carboxylic acids is 1. The van der Waals surface area contributed by atoms with Crippen molar-refractivity contribution >= 4 is 5.91 Å². The van der Waals surface area contributed by atoms with Crippen LogP contribution in [0.2, 0.25) is 0 Å². The SMILES string of the molecule is CC(CCN)CCC(=O)NC(C)C1CCOCC1. The average Bonchev–Trinajstić information content (AvgIpc) is 2.38. The third kappa shape index (κ3) is 5.83. The molecule has 0 radical (unpaired) electrons. The molecule has 1 aliphatic heterocycles. The van der Waals surface area contributed by atoms with E-state index in [-0.39, 0.29) is 11.9 Å². The van der Waals surface area contributed by atoms with Gasteiger partial charge in [-0.3, -0.25) is 4.79 Å². The summed E-state index contributed by atoms with van der Waals surface area (Å²) in [5.74, 6) is 1.29. The van der Waals surface area contributed by atoms with Gasteiger partial charge in [0.1, 0.15) is 0 Å². The topological polar surface area (TPSA) is 64.4 Å². The standard InChI is InChI=1S/C14H28N2O2/c1-11(5-8-15)3-4-14(17)16-12(2)13-6-9-18-10-7-13/h11-13H,3-10,15H2,1-2H3,(H,16,17). The van der Waals surface area contributed by atoms with E-state index in [1.807, 2.05) is 0 Å². The fraction of sp³-hybridized carbons (Fsp3) is 0.929. The second kappa shape index (κ2) is 8.48. The Morgan fingerprint density at radius 1 is 1.33 bits per heavy atom. The van der Waals surface area contributed by atoms with Crippen molar-refractivity contribution in [2.24, 2.45) is 17.6 Å². The van der Waals surface area contributed by atoms with Gasteiger partial charge >= 0.3 is 0 Å². The smallest absolute Gasteiger partial charge is 0.220 e. The van der Waals surface area contributed by atoms with E-state index in [1.54, 1.807) is 0 Å². The first-order valence-electron chi connectivity index (χ1n) is 7.20. The van der Waals surface area contributed by atoms with Gasteiger partial charge in [0.15, 0.2) is 0 Å². The molecule has 0 spiro atoms. The minimum Gasteiger partial charge on any atom is -0.381 e. The predicted molar refractivity (Wildman–Crippen MR) is 73.2 cm³/mol. The lowest BCUT2D eigenvalue weighted by atomic mass is 9.92. The molecule has 0 aromatic rings. The molecule has 1 heterocycles. The molecule has 0 saturated carbocycles. The third-order valence-corrected chi connectivity index (χ3v) is 3.89. The minimum atomic E-state index is 0.179. The van der Waals surface area contributed by atoms with Crippen LogP contribution in [0.3, 0.4) is 0 Å². The molecule has 1 fully saturated rings. The van der Waals surface area contributed by atoms with Crippen LogP contribution in [0.15, 0.2) is 0 Å². The minimum absolute atomic E-state index is 0.179. The monoisotopic (exact) mass is 256 g/mol. The summed E-state index contributed by atoms with van der Waals surface area (Å²) >= 11 is 0. The fourth-order valence-electron chi connectivity index (χ4n) is 2.47. The van der Waals surface area contributed by atoms with Crippen molar-refractivity contribution in [2.45, 2.75) is 52.0 Å². The molecule has 1 saturated heterocycles. The largest absolute Gasteiger partial charge is 0.381 e. The second-order valence-electron chi connectivity index (χ2n) is 5.53. The van der Waals surface area contributed by atoms with Crippen molar-refractivity contribution in [3.05, 3.63) is 0 Å². The number of carbonyl (C=O) groups is 1. The van der Waals surface area contributed by atoms with Crippen molar-refractivity contribution < 1.29 is 9.53 Å². The molecule has 1 aliphatic rings. The number of ether oxygens (including phenoxy) is 1. The molecule has 106 valence electrons. The van der Waals surface area contributed by atoms with Crippen LogP contribution in [0.25, 0.3) is 0 Å². The quantitative estimate of drug-likeness (QED) is 0.728. The number of amides is 1. The lowest BCUT2D eigenvalue weighted by Gasteiger charge is -2.28. The number of rotatable bonds is 7. The zero-order valence-corrected chi connectivity index (χ0v) is 11.8. The predicted octanol–water partition coefficient (Wildman–Crippen LogP) is 1.68. The van der Waals surface area contributed by atoms with Crippen LogP contribution in [0.5, 0.6) is 0 Å². The molecule has 0 aliphatic carbocycles. The molecule has 0 aromatic carbocycles. The molecule has 4 nitrogen and oxygen atoms in total. The first kappa shape index (κ1) is 15.4. The van der Waals surface area contributed by atoms with E-state index >= 15 is 0 Å². The molecule has 1 rings (SSSR count). The van der Waals surface area contributed by atoms with Crippen LogP contribution in [0, 0.1) is 11.8 Å². The van der Waals surface area contributed by atoms with E-state index in [0.717, 1.165) is 38.9 Å². The molecule has 4 heteroatoms. The van der Waals surface area contributed by atoms with Crippen molar-refractivity contribution in [1.29, 1.82) is 0 Å². The summed E-state index contributed by atoms with van der Waals surface area (Å²) in [6.07, 6.45) is 4.68. The van der Waals surface area contributed by atoms with Crippen molar-refractivity contribution in [2.75, 3.05) is 19.8 Å². The van der Waals surface area contributed by atoms with Crippen LogP contribution < -0.4 is 11.1 Å². The van der Waals surface area contributed by atoms with Crippen LogP contribution in [0.4, 0.5) is 0 Å². The van der Waals surface area contributed by atoms with E-state index < -0.39 is 0 Å². The maximum Gasteiger partial charge on any atom is 0.220 e. The van der Waals surface area contributed by atoms with E-state index in [2.05, 4.69) is 19.2 Å². The highest BCUT2D eigenvalue weighted by atomic mass is 16.5. The Morgan fingerprint density at radius 2 is 2.00 bits per heavy atom. The Hall–Kier alpha value is -0.610. The van der Waals surface area contributed by atoms with Crippen LogP contribution >= 0.6 is 0 Å². The molecule has 2 unspecified atom stereocenters. The molecular formula is C14H28N2O2. The summed E-state index contributed by atoms with van der Waals surface area (Å²) in [7, 11) is 0. The number of nitrogens with two attached hydrogens (primary N) is 1. The van der Waals surface area contributed by atoms with Crippen molar-refractivity contribution in [1.82, 2.24) is 5.32 Å². The first-order chi connectivity index (χ1) is 8.63. The summed E-state index contributed by atoms with van der Waals surface area (Å²) in [6.45, 7) is 6.64. The lowest BCUT2D eigenvalue weighted by Crippen LogP contribution is -2.40. The van der Waals surface area contributed by atoms with Crippen LogP contribution in [-0.4, -0.2) is 31.7 Å². The number of hydrogen-bond donors (Lipinski definition) is 2. The summed E-state index contributed by atoms with van der Waals surface area (Å²) < 4.78 is 5.34.